The molecule has 6 heteroatoms. The minimum atomic E-state index is 0.116. The number of thioether (sulfide) groups is 1. The molecule has 1 unspecified atom stereocenters. The smallest absolute Gasteiger partial charge is 0.254 e. The van der Waals surface area contributed by atoms with E-state index in [1.807, 2.05) is 66.6 Å². The molecule has 0 aliphatic carbocycles. The summed E-state index contributed by atoms with van der Waals surface area (Å²) in [5.74, 6) is 1.73. The number of piperidine rings is 1. The molecule has 4 rings (SSSR count). The van der Waals surface area contributed by atoms with Crippen molar-refractivity contribution in [1.29, 1.82) is 0 Å². The molecule has 2 aromatic carbocycles. The van der Waals surface area contributed by atoms with Gasteiger partial charge in [0.25, 0.3) is 5.91 Å². The van der Waals surface area contributed by atoms with E-state index < -0.39 is 0 Å². The second-order valence-electron chi connectivity index (χ2n) is 7.49. The van der Waals surface area contributed by atoms with Gasteiger partial charge in [0.2, 0.25) is 11.7 Å². The standard InChI is InChI=1S/C23H25N3O2S/c1-16-8-3-4-10-18(16)22-24-21(28-25-22)14-17-9-7-13-26(15-17)23(27)19-11-5-6-12-20(19)29-2/h3-6,8,10-12,17H,7,9,13-15H2,1-2H3. The second-order valence-corrected chi connectivity index (χ2v) is 8.34. The van der Waals surface area contributed by atoms with E-state index in [1.165, 1.54) is 0 Å². The Balaban J connectivity index is 1.44. The summed E-state index contributed by atoms with van der Waals surface area (Å²) in [5, 5.41) is 4.17. The maximum absolute atomic E-state index is 13.1. The highest BCUT2D eigenvalue weighted by Crippen LogP contribution is 2.26. The summed E-state index contributed by atoms with van der Waals surface area (Å²) >= 11 is 1.61. The molecule has 0 radical (unpaired) electrons. The summed E-state index contributed by atoms with van der Waals surface area (Å²) in [6.07, 6.45) is 4.77. The van der Waals surface area contributed by atoms with E-state index in [0.717, 1.165) is 47.5 Å². The topological polar surface area (TPSA) is 59.2 Å². The quantitative estimate of drug-likeness (QED) is 0.565. The Kier molecular flexibility index (Phi) is 6.00. The zero-order valence-electron chi connectivity index (χ0n) is 16.8. The third-order valence-electron chi connectivity index (χ3n) is 5.46. The van der Waals surface area contributed by atoms with Gasteiger partial charge in [0.1, 0.15) is 0 Å². The maximum Gasteiger partial charge on any atom is 0.254 e. The van der Waals surface area contributed by atoms with Gasteiger partial charge < -0.3 is 9.42 Å². The minimum absolute atomic E-state index is 0.116. The monoisotopic (exact) mass is 407 g/mol. The fraction of sp³-hybridized carbons (Fsp3) is 0.348. The van der Waals surface area contributed by atoms with E-state index in [4.69, 9.17) is 4.52 Å². The lowest BCUT2D eigenvalue weighted by Gasteiger charge is -2.32. The number of aryl methyl sites for hydroxylation is 1. The molecule has 150 valence electrons. The number of likely N-dealkylation sites (tertiary alicyclic amines) is 1. The van der Waals surface area contributed by atoms with Crippen LogP contribution in [-0.2, 0) is 6.42 Å². The van der Waals surface area contributed by atoms with E-state index in [1.54, 1.807) is 11.8 Å². The predicted molar refractivity (Wildman–Crippen MR) is 115 cm³/mol. The summed E-state index contributed by atoms with van der Waals surface area (Å²) in [6.45, 7) is 3.57. The van der Waals surface area contributed by atoms with Gasteiger partial charge in [-0.25, -0.2) is 0 Å². The Morgan fingerprint density at radius 2 is 2.00 bits per heavy atom. The molecule has 0 bridgehead atoms. The zero-order valence-corrected chi connectivity index (χ0v) is 17.6. The van der Waals surface area contributed by atoms with Crippen molar-refractivity contribution in [3.63, 3.8) is 0 Å². The molecule has 0 N–H and O–H groups in total. The van der Waals surface area contributed by atoms with Gasteiger partial charge in [-0.3, -0.25) is 4.79 Å². The summed E-state index contributed by atoms with van der Waals surface area (Å²) in [5.41, 5.74) is 2.92. The molecule has 5 nitrogen and oxygen atoms in total. The van der Waals surface area contributed by atoms with Gasteiger partial charge in [-0.2, -0.15) is 4.98 Å². The number of carbonyl (C=O) groups excluding carboxylic acids is 1. The molecular weight excluding hydrogens is 382 g/mol. The van der Waals surface area contributed by atoms with Crippen LogP contribution in [-0.4, -0.2) is 40.3 Å². The maximum atomic E-state index is 13.1. The molecule has 1 aromatic heterocycles. The first-order valence-electron chi connectivity index (χ1n) is 9.96. The average Bonchev–Trinajstić information content (AvgIpc) is 3.22. The Labute approximate surface area is 175 Å². The first-order valence-corrected chi connectivity index (χ1v) is 11.2. The van der Waals surface area contributed by atoms with Crippen LogP contribution in [0.15, 0.2) is 57.9 Å². The highest BCUT2D eigenvalue weighted by Gasteiger charge is 2.27. The lowest BCUT2D eigenvalue weighted by molar-refractivity contribution is 0.0664. The van der Waals surface area contributed by atoms with Gasteiger partial charge in [-0.1, -0.05) is 41.6 Å². The normalized spacial score (nSPS) is 16.8. The fourth-order valence-electron chi connectivity index (χ4n) is 3.93. The highest BCUT2D eigenvalue weighted by molar-refractivity contribution is 7.98. The van der Waals surface area contributed by atoms with Crippen molar-refractivity contribution in [3.8, 4) is 11.4 Å². The third kappa shape index (κ3) is 4.37. The van der Waals surface area contributed by atoms with E-state index in [9.17, 15) is 4.79 Å². The molecule has 1 aliphatic heterocycles. The largest absolute Gasteiger partial charge is 0.339 e. The molecule has 1 atom stereocenters. The Morgan fingerprint density at radius 1 is 1.21 bits per heavy atom. The number of hydrogen-bond acceptors (Lipinski definition) is 5. The van der Waals surface area contributed by atoms with Gasteiger partial charge in [-0.15, -0.1) is 11.8 Å². The average molecular weight is 408 g/mol. The molecule has 1 fully saturated rings. The molecule has 29 heavy (non-hydrogen) atoms. The van der Waals surface area contributed by atoms with Crippen molar-refractivity contribution >= 4 is 17.7 Å². The molecule has 3 aromatic rings. The Morgan fingerprint density at radius 3 is 2.83 bits per heavy atom. The van der Waals surface area contributed by atoms with E-state index in [-0.39, 0.29) is 5.91 Å². The Bertz CT molecular complexity index is 1000. The predicted octanol–water partition coefficient (Wildman–Crippen LogP) is 4.86. The van der Waals surface area contributed by atoms with Crippen molar-refractivity contribution in [1.82, 2.24) is 15.0 Å². The van der Waals surface area contributed by atoms with Gasteiger partial charge in [0.15, 0.2) is 0 Å². The number of carbonyl (C=O) groups is 1. The van der Waals surface area contributed by atoms with Crippen LogP contribution in [0.5, 0.6) is 0 Å². The first kappa shape index (κ1) is 19.7. The van der Waals surface area contributed by atoms with Crippen molar-refractivity contribution in [2.75, 3.05) is 19.3 Å². The van der Waals surface area contributed by atoms with E-state index in [0.29, 0.717) is 24.1 Å². The molecule has 1 amide bonds. The van der Waals surface area contributed by atoms with Crippen molar-refractivity contribution in [2.24, 2.45) is 5.92 Å². The molecule has 1 saturated heterocycles. The van der Waals surface area contributed by atoms with Gasteiger partial charge in [-0.05, 0) is 49.6 Å². The minimum Gasteiger partial charge on any atom is -0.339 e. The Hall–Kier alpha value is -2.60. The van der Waals surface area contributed by atoms with Crippen molar-refractivity contribution in [3.05, 3.63) is 65.5 Å². The van der Waals surface area contributed by atoms with Crippen LogP contribution < -0.4 is 0 Å². The summed E-state index contributed by atoms with van der Waals surface area (Å²) in [6, 6.07) is 15.9. The highest BCUT2D eigenvalue weighted by atomic mass is 32.2. The van der Waals surface area contributed by atoms with Crippen LogP contribution >= 0.6 is 11.8 Å². The van der Waals surface area contributed by atoms with Crippen LogP contribution in [0, 0.1) is 12.8 Å². The van der Waals surface area contributed by atoms with Gasteiger partial charge in [0, 0.05) is 30.0 Å². The van der Waals surface area contributed by atoms with Crippen LogP contribution in [0.2, 0.25) is 0 Å². The van der Waals surface area contributed by atoms with E-state index >= 15 is 0 Å². The summed E-state index contributed by atoms with van der Waals surface area (Å²) < 4.78 is 5.53. The van der Waals surface area contributed by atoms with Crippen LogP contribution in [0.25, 0.3) is 11.4 Å². The number of aromatic nitrogens is 2. The second kappa shape index (κ2) is 8.82. The lowest BCUT2D eigenvalue weighted by Crippen LogP contribution is -2.40. The molecular formula is C23H25N3O2S. The molecule has 1 aliphatic rings. The summed E-state index contributed by atoms with van der Waals surface area (Å²) in [4.78, 5) is 20.7. The number of benzene rings is 2. The van der Waals surface area contributed by atoms with Crippen LogP contribution in [0.1, 0.15) is 34.7 Å². The van der Waals surface area contributed by atoms with Crippen LogP contribution in [0.3, 0.4) is 0 Å². The first-order chi connectivity index (χ1) is 14.2. The number of hydrogen-bond donors (Lipinski definition) is 0. The third-order valence-corrected chi connectivity index (χ3v) is 6.26. The molecule has 0 saturated carbocycles. The SMILES string of the molecule is CSc1ccccc1C(=O)N1CCCC(Cc2nc(-c3ccccc3C)no2)C1. The number of amides is 1. The number of rotatable bonds is 5. The molecule has 0 spiro atoms. The van der Waals surface area contributed by atoms with Crippen LogP contribution in [0.4, 0.5) is 0 Å². The van der Waals surface area contributed by atoms with Crippen molar-refractivity contribution < 1.29 is 9.32 Å². The summed E-state index contributed by atoms with van der Waals surface area (Å²) in [7, 11) is 0. The lowest BCUT2D eigenvalue weighted by atomic mass is 9.94. The van der Waals surface area contributed by atoms with Gasteiger partial charge >= 0.3 is 0 Å². The van der Waals surface area contributed by atoms with E-state index in [2.05, 4.69) is 10.1 Å². The molecule has 2 heterocycles. The zero-order chi connectivity index (χ0) is 20.2. The fourth-order valence-corrected chi connectivity index (χ4v) is 4.52. The number of nitrogens with zero attached hydrogens (tertiary/aromatic N) is 3. The van der Waals surface area contributed by atoms with Crippen molar-refractivity contribution in [2.45, 2.75) is 31.1 Å². The van der Waals surface area contributed by atoms with Gasteiger partial charge in [0.05, 0.1) is 5.56 Å².